The largest absolute Gasteiger partial charge is 0.460 e. The molecule has 7 nitrogen and oxygen atoms in total. The number of aryl methyl sites for hydroxylation is 1. The fourth-order valence-corrected chi connectivity index (χ4v) is 2.31. The molecule has 8 heteroatoms. The molecule has 2 N–H and O–H groups in total. The third-order valence-corrected chi connectivity index (χ3v) is 3.56. The molecule has 0 spiro atoms. The number of hydrogen-bond acceptors (Lipinski definition) is 6. The van der Waals surface area contributed by atoms with E-state index in [1.54, 1.807) is 13.1 Å². The van der Waals surface area contributed by atoms with Crippen LogP contribution in [0, 0.1) is 11.6 Å². The van der Waals surface area contributed by atoms with E-state index < -0.39 is 30.1 Å². The average Bonchev–Trinajstić information content (AvgIpc) is 2.75. The molecule has 1 saturated heterocycles. The summed E-state index contributed by atoms with van der Waals surface area (Å²) in [6.45, 7) is 2.78. The van der Waals surface area contributed by atoms with Crippen LogP contribution in [0.5, 0.6) is 0 Å². The van der Waals surface area contributed by atoms with Crippen molar-refractivity contribution in [1.29, 1.82) is 0 Å². The quantitative estimate of drug-likeness (QED) is 0.621. The maximum absolute atomic E-state index is 11.9. The minimum absolute atomic E-state index is 0.287. The number of nitrogens with one attached hydrogen (secondary N) is 1. The van der Waals surface area contributed by atoms with Crippen LogP contribution < -0.4 is 5.69 Å². The van der Waals surface area contributed by atoms with Crippen LogP contribution >= 0.6 is 12.2 Å². The van der Waals surface area contributed by atoms with Gasteiger partial charge >= 0.3 is 11.7 Å². The predicted octanol–water partition coefficient (Wildman–Crippen LogP) is 0.426. The van der Waals surface area contributed by atoms with Crippen molar-refractivity contribution in [2.75, 3.05) is 6.61 Å². The molecular weight excluding hydrogens is 284 g/mol. The Bertz CT molecular complexity index is 623. The third kappa shape index (κ3) is 2.97. The predicted molar refractivity (Wildman–Crippen MR) is 71.8 cm³/mol. The lowest BCUT2D eigenvalue weighted by Gasteiger charge is -2.15. The van der Waals surface area contributed by atoms with Crippen LogP contribution in [0.4, 0.5) is 0 Å². The molecule has 0 amide bonds. The molecular formula is C12H16N2O5S. The van der Waals surface area contributed by atoms with Gasteiger partial charge in [-0.3, -0.25) is 14.3 Å². The molecule has 2 rings (SSSR count). The molecule has 0 aromatic carbocycles. The Balaban J connectivity index is 2.27. The van der Waals surface area contributed by atoms with E-state index in [0.29, 0.717) is 11.1 Å². The van der Waals surface area contributed by atoms with Crippen molar-refractivity contribution < 1.29 is 19.4 Å². The van der Waals surface area contributed by atoms with Crippen LogP contribution in [0.2, 0.25) is 0 Å². The average molecular weight is 300 g/mol. The summed E-state index contributed by atoms with van der Waals surface area (Å²) in [5.74, 6) is -0.450. The van der Waals surface area contributed by atoms with Crippen molar-refractivity contribution in [3.8, 4) is 0 Å². The van der Waals surface area contributed by atoms with Gasteiger partial charge in [-0.1, -0.05) is 12.2 Å². The summed E-state index contributed by atoms with van der Waals surface area (Å²) in [5.41, 5.74) is 0.338. The summed E-state index contributed by atoms with van der Waals surface area (Å²) in [6, 6.07) is 0. The molecule has 2 heterocycles. The molecule has 0 bridgehead atoms. The van der Waals surface area contributed by atoms with Gasteiger partial charge in [0.1, 0.15) is 23.1 Å². The van der Waals surface area contributed by atoms with Gasteiger partial charge in [0.15, 0.2) is 0 Å². The molecule has 0 saturated carbocycles. The number of carbonyl (C=O) groups is 1. The number of aromatic amines is 1. The Hall–Kier alpha value is -1.51. The first-order valence-corrected chi connectivity index (χ1v) is 6.58. The Morgan fingerprint density at radius 1 is 1.70 bits per heavy atom. The number of esters is 1. The maximum Gasteiger partial charge on any atom is 0.328 e. The van der Waals surface area contributed by atoms with Gasteiger partial charge in [-0.2, -0.15) is 0 Å². The van der Waals surface area contributed by atoms with Crippen LogP contribution in [0.3, 0.4) is 0 Å². The summed E-state index contributed by atoms with van der Waals surface area (Å²) in [7, 11) is 0. The Kier molecular flexibility index (Phi) is 4.36. The third-order valence-electron chi connectivity index (χ3n) is 3.13. The first-order chi connectivity index (χ1) is 9.42. The minimum atomic E-state index is -0.640. The highest BCUT2D eigenvalue weighted by Crippen LogP contribution is 2.29. The molecule has 1 aromatic rings. The van der Waals surface area contributed by atoms with Gasteiger partial charge in [-0.05, 0) is 6.92 Å². The van der Waals surface area contributed by atoms with E-state index >= 15 is 0 Å². The zero-order valence-corrected chi connectivity index (χ0v) is 12.0. The van der Waals surface area contributed by atoms with Crippen molar-refractivity contribution in [2.24, 2.45) is 0 Å². The van der Waals surface area contributed by atoms with E-state index in [1.165, 1.54) is 11.5 Å². The molecule has 1 fully saturated rings. The van der Waals surface area contributed by atoms with Crippen LogP contribution in [0.15, 0.2) is 11.0 Å². The van der Waals surface area contributed by atoms with Gasteiger partial charge in [-0.15, -0.1) is 0 Å². The number of aliphatic hydroxyl groups excluding tert-OH is 1. The van der Waals surface area contributed by atoms with Crippen molar-refractivity contribution in [3.05, 3.63) is 26.9 Å². The molecule has 3 atom stereocenters. The summed E-state index contributed by atoms with van der Waals surface area (Å²) < 4.78 is 12.4. The number of rotatable bonds is 3. The Morgan fingerprint density at radius 3 is 3.00 bits per heavy atom. The van der Waals surface area contributed by atoms with Gasteiger partial charge in [0, 0.05) is 25.1 Å². The second-order valence-electron chi connectivity index (χ2n) is 4.67. The molecule has 1 aliphatic rings. The number of ether oxygens (including phenoxy) is 2. The van der Waals surface area contributed by atoms with E-state index in [-0.39, 0.29) is 6.61 Å². The smallest absolute Gasteiger partial charge is 0.328 e. The monoisotopic (exact) mass is 300 g/mol. The van der Waals surface area contributed by atoms with Crippen molar-refractivity contribution in [3.63, 3.8) is 0 Å². The lowest BCUT2D eigenvalue weighted by atomic mass is 10.2. The zero-order valence-electron chi connectivity index (χ0n) is 11.2. The first kappa shape index (κ1) is 14.9. The highest BCUT2D eigenvalue weighted by molar-refractivity contribution is 7.71. The van der Waals surface area contributed by atoms with E-state index in [1.807, 2.05) is 0 Å². The van der Waals surface area contributed by atoms with Gasteiger partial charge in [0.05, 0.1) is 6.61 Å². The van der Waals surface area contributed by atoms with Gasteiger partial charge in [0.25, 0.3) is 0 Å². The number of carbonyl (C=O) groups excluding carboxylic acids is 1. The van der Waals surface area contributed by atoms with E-state index in [9.17, 15) is 14.7 Å². The number of H-pyrrole nitrogens is 1. The van der Waals surface area contributed by atoms with Crippen LogP contribution in [-0.4, -0.2) is 39.4 Å². The van der Waals surface area contributed by atoms with Crippen LogP contribution in [0.1, 0.15) is 25.1 Å². The molecule has 20 heavy (non-hydrogen) atoms. The molecule has 0 radical (unpaired) electrons. The topological polar surface area (TPSA) is 93.6 Å². The Morgan fingerprint density at radius 2 is 2.40 bits per heavy atom. The highest BCUT2D eigenvalue weighted by Gasteiger charge is 2.38. The number of aromatic nitrogens is 2. The number of hydrogen-bond donors (Lipinski definition) is 2. The van der Waals surface area contributed by atoms with Gasteiger partial charge < -0.3 is 14.6 Å². The number of aliphatic hydroxyl groups is 1. The standard InChI is InChI=1S/C12H16N2O5S/c1-6-4-14(12(17)13-11(6)20)10-3-8(18-7(2)16)9(5-15)19-10/h4,8-10,15H,3,5H2,1-2H3,(H,13,17,20)/t8?,9-,10-/m1/s1. The summed E-state index contributed by atoms with van der Waals surface area (Å²) in [5, 5.41) is 9.25. The summed E-state index contributed by atoms with van der Waals surface area (Å²) in [4.78, 5) is 25.5. The second kappa shape index (κ2) is 5.86. The normalized spacial score (nSPS) is 25.6. The summed E-state index contributed by atoms with van der Waals surface area (Å²) >= 11 is 4.98. The van der Waals surface area contributed by atoms with Gasteiger partial charge in [0.2, 0.25) is 0 Å². The molecule has 1 unspecified atom stereocenters. The van der Waals surface area contributed by atoms with Crippen molar-refractivity contribution in [2.45, 2.75) is 38.7 Å². The zero-order chi connectivity index (χ0) is 14.9. The number of nitrogens with zero attached hydrogens (tertiary/aromatic N) is 1. The van der Waals surface area contributed by atoms with Crippen molar-refractivity contribution in [1.82, 2.24) is 9.55 Å². The van der Waals surface area contributed by atoms with E-state index in [2.05, 4.69) is 4.98 Å². The van der Waals surface area contributed by atoms with E-state index in [0.717, 1.165) is 5.56 Å². The van der Waals surface area contributed by atoms with E-state index in [4.69, 9.17) is 21.7 Å². The molecule has 110 valence electrons. The lowest BCUT2D eigenvalue weighted by Crippen LogP contribution is -2.29. The Labute approximate surface area is 120 Å². The minimum Gasteiger partial charge on any atom is -0.460 e. The second-order valence-corrected chi connectivity index (χ2v) is 5.08. The lowest BCUT2D eigenvalue weighted by molar-refractivity contribution is -0.150. The molecule has 0 aliphatic carbocycles. The maximum atomic E-state index is 11.9. The summed E-state index contributed by atoms with van der Waals surface area (Å²) in [6.07, 6.45) is 0.0808. The fraction of sp³-hybridized carbons (Fsp3) is 0.583. The molecule has 1 aromatic heterocycles. The van der Waals surface area contributed by atoms with Crippen LogP contribution in [-0.2, 0) is 14.3 Å². The molecule has 1 aliphatic heterocycles. The van der Waals surface area contributed by atoms with Crippen LogP contribution in [0.25, 0.3) is 0 Å². The van der Waals surface area contributed by atoms with Crippen molar-refractivity contribution >= 4 is 18.2 Å². The fourth-order valence-electron chi connectivity index (χ4n) is 2.17. The van der Waals surface area contributed by atoms with Gasteiger partial charge in [-0.25, -0.2) is 4.79 Å². The highest BCUT2D eigenvalue weighted by atomic mass is 32.1. The SMILES string of the molecule is CC(=O)OC1C[C@H](n2cc(C)c(=S)[nH]c2=O)O[C@@H]1CO. The first-order valence-electron chi connectivity index (χ1n) is 6.18.